The third kappa shape index (κ3) is 4.59. The van der Waals surface area contributed by atoms with Gasteiger partial charge in [0.05, 0.1) is 18.5 Å². The van der Waals surface area contributed by atoms with Crippen LogP contribution >= 0.6 is 0 Å². The minimum Gasteiger partial charge on any atom is -0.492 e. The van der Waals surface area contributed by atoms with Gasteiger partial charge in [-0.3, -0.25) is 4.98 Å². The summed E-state index contributed by atoms with van der Waals surface area (Å²) in [6.07, 6.45) is 4.08. The Kier molecular flexibility index (Phi) is 4.51. The van der Waals surface area contributed by atoms with E-state index in [1.807, 2.05) is 0 Å². The van der Waals surface area contributed by atoms with Crippen molar-refractivity contribution in [2.24, 2.45) is 5.92 Å². The van der Waals surface area contributed by atoms with Gasteiger partial charge in [0.25, 0.3) is 0 Å². The van der Waals surface area contributed by atoms with Gasteiger partial charge in [-0.05, 0) is 24.1 Å². The number of hydrogen-bond acceptors (Lipinski definition) is 3. The zero-order valence-electron chi connectivity index (χ0n) is 9.38. The van der Waals surface area contributed by atoms with Gasteiger partial charge in [-0.25, -0.2) is 4.79 Å². The van der Waals surface area contributed by atoms with E-state index in [1.54, 1.807) is 18.3 Å². The van der Waals surface area contributed by atoms with Crippen molar-refractivity contribution in [3.05, 3.63) is 30.1 Å². The van der Waals surface area contributed by atoms with E-state index in [0.29, 0.717) is 24.0 Å². The average molecular weight is 221 g/mol. The van der Waals surface area contributed by atoms with Crippen LogP contribution in [0.25, 0.3) is 6.08 Å². The third-order valence-corrected chi connectivity index (χ3v) is 1.74. The fourth-order valence-corrected chi connectivity index (χ4v) is 0.995. The SMILES string of the molecule is CC(C)COc1ccc(C=CC(=O)O)nc1. The van der Waals surface area contributed by atoms with E-state index in [-0.39, 0.29) is 0 Å². The molecule has 1 heterocycles. The summed E-state index contributed by atoms with van der Waals surface area (Å²) in [6.45, 7) is 4.78. The summed E-state index contributed by atoms with van der Waals surface area (Å²) < 4.78 is 5.45. The molecular weight excluding hydrogens is 206 g/mol. The fraction of sp³-hybridized carbons (Fsp3) is 0.333. The molecule has 1 rings (SSSR count). The number of ether oxygens (including phenoxy) is 1. The number of pyridine rings is 1. The second kappa shape index (κ2) is 5.90. The molecule has 0 saturated heterocycles. The Morgan fingerprint density at radius 2 is 2.31 bits per heavy atom. The molecule has 4 heteroatoms. The molecule has 0 aromatic carbocycles. The second-order valence-electron chi connectivity index (χ2n) is 3.80. The van der Waals surface area contributed by atoms with Crippen LogP contribution in [-0.4, -0.2) is 22.7 Å². The zero-order chi connectivity index (χ0) is 12.0. The number of rotatable bonds is 5. The maximum atomic E-state index is 10.3. The fourth-order valence-electron chi connectivity index (χ4n) is 0.995. The third-order valence-electron chi connectivity index (χ3n) is 1.74. The maximum Gasteiger partial charge on any atom is 0.328 e. The first kappa shape index (κ1) is 12.2. The van der Waals surface area contributed by atoms with E-state index >= 15 is 0 Å². The lowest BCUT2D eigenvalue weighted by Gasteiger charge is -2.07. The van der Waals surface area contributed by atoms with Crippen LogP contribution in [0.15, 0.2) is 24.4 Å². The molecule has 0 atom stereocenters. The van der Waals surface area contributed by atoms with Crippen molar-refractivity contribution in [2.75, 3.05) is 6.61 Å². The van der Waals surface area contributed by atoms with Crippen LogP contribution < -0.4 is 4.74 Å². The molecule has 0 amide bonds. The monoisotopic (exact) mass is 221 g/mol. The predicted octanol–water partition coefficient (Wildman–Crippen LogP) is 2.21. The summed E-state index contributed by atoms with van der Waals surface area (Å²) in [5.41, 5.74) is 0.597. The first-order valence-electron chi connectivity index (χ1n) is 5.08. The molecule has 1 aromatic heterocycles. The number of aromatic nitrogens is 1. The molecule has 1 aromatic rings. The summed E-state index contributed by atoms with van der Waals surface area (Å²) in [7, 11) is 0. The standard InChI is InChI=1S/C12H15NO3/c1-9(2)8-16-11-5-3-10(13-7-11)4-6-12(14)15/h3-7,9H,8H2,1-2H3,(H,14,15). The summed E-state index contributed by atoms with van der Waals surface area (Å²) in [4.78, 5) is 14.3. The summed E-state index contributed by atoms with van der Waals surface area (Å²) in [5, 5.41) is 8.44. The van der Waals surface area contributed by atoms with E-state index < -0.39 is 5.97 Å². The Balaban J connectivity index is 2.57. The van der Waals surface area contributed by atoms with Gasteiger partial charge in [0.2, 0.25) is 0 Å². The van der Waals surface area contributed by atoms with E-state index in [2.05, 4.69) is 18.8 Å². The van der Waals surface area contributed by atoms with Crippen molar-refractivity contribution >= 4 is 12.0 Å². The van der Waals surface area contributed by atoms with Crippen LogP contribution in [0.4, 0.5) is 0 Å². The Morgan fingerprint density at radius 3 is 2.81 bits per heavy atom. The smallest absolute Gasteiger partial charge is 0.328 e. The van der Waals surface area contributed by atoms with Crippen molar-refractivity contribution in [1.29, 1.82) is 0 Å². The quantitative estimate of drug-likeness (QED) is 0.774. The molecule has 0 unspecified atom stereocenters. The Hall–Kier alpha value is -1.84. The molecule has 0 bridgehead atoms. The topological polar surface area (TPSA) is 59.4 Å². The molecule has 0 aliphatic rings. The minimum atomic E-state index is -0.984. The van der Waals surface area contributed by atoms with Crippen LogP contribution in [-0.2, 0) is 4.79 Å². The van der Waals surface area contributed by atoms with Crippen molar-refractivity contribution in [2.45, 2.75) is 13.8 Å². The van der Waals surface area contributed by atoms with Crippen LogP contribution in [0.2, 0.25) is 0 Å². The van der Waals surface area contributed by atoms with E-state index in [4.69, 9.17) is 9.84 Å². The maximum absolute atomic E-state index is 10.3. The van der Waals surface area contributed by atoms with Crippen LogP contribution in [0, 0.1) is 5.92 Å². The van der Waals surface area contributed by atoms with Gasteiger partial charge < -0.3 is 9.84 Å². The van der Waals surface area contributed by atoms with E-state index in [1.165, 1.54) is 6.08 Å². The molecule has 86 valence electrons. The molecule has 0 radical (unpaired) electrons. The highest BCUT2D eigenvalue weighted by molar-refractivity contribution is 5.84. The molecule has 0 spiro atoms. The van der Waals surface area contributed by atoms with Crippen molar-refractivity contribution in [3.63, 3.8) is 0 Å². The predicted molar refractivity (Wildman–Crippen MR) is 61.2 cm³/mol. The lowest BCUT2D eigenvalue weighted by molar-refractivity contribution is -0.131. The van der Waals surface area contributed by atoms with Crippen molar-refractivity contribution in [1.82, 2.24) is 4.98 Å². The van der Waals surface area contributed by atoms with Gasteiger partial charge >= 0.3 is 5.97 Å². The first-order valence-corrected chi connectivity index (χ1v) is 5.08. The molecule has 4 nitrogen and oxygen atoms in total. The highest BCUT2D eigenvalue weighted by atomic mass is 16.5. The van der Waals surface area contributed by atoms with Gasteiger partial charge in [0.15, 0.2) is 0 Å². The van der Waals surface area contributed by atoms with Gasteiger partial charge in [0, 0.05) is 6.08 Å². The van der Waals surface area contributed by atoms with Crippen LogP contribution in [0.5, 0.6) is 5.75 Å². The molecular formula is C12H15NO3. The molecule has 1 N–H and O–H groups in total. The molecule has 0 aliphatic heterocycles. The second-order valence-corrected chi connectivity index (χ2v) is 3.80. The van der Waals surface area contributed by atoms with Crippen LogP contribution in [0.1, 0.15) is 19.5 Å². The molecule has 0 saturated carbocycles. The zero-order valence-corrected chi connectivity index (χ0v) is 9.38. The molecule has 0 aliphatic carbocycles. The largest absolute Gasteiger partial charge is 0.492 e. The Bertz CT molecular complexity index is 368. The number of hydrogen-bond donors (Lipinski definition) is 1. The Morgan fingerprint density at radius 1 is 1.56 bits per heavy atom. The number of nitrogens with zero attached hydrogens (tertiary/aromatic N) is 1. The highest BCUT2D eigenvalue weighted by Gasteiger charge is 1.97. The van der Waals surface area contributed by atoms with Gasteiger partial charge in [-0.15, -0.1) is 0 Å². The number of carbonyl (C=O) groups is 1. The number of carboxylic acids is 1. The average Bonchev–Trinajstić information content (AvgIpc) is 2.25. The highest BCUT2D eigenvalue weighted by Crippen LogP contribution is 2.11. The molecule has 16 heavy (non-hydrogen) atoms. The van der Waals surface area contributed by atoms with Gasteiger partial charge in [-0.2, -0.15) is 0 Å². The lowest BCUT2D eigenvalue weighted by Crippen LogP contribution is -2.04. The number of aliphatic carboxylic acids is 1. The van der Waals surface area contributed by atoms with Crippen molar-refractivity contribution in [3.8, 4) is 5.75 Å². The van der Waals surface area contributed by atoms with E-state index in [0.717, 1.165) is 6.08 Å². The van der Waals surface area contributed by atoms with Crippen molar-refractivity contribution < 1.29 is 14.6 Å². The normalized spacial score (nSPS) is 10.9. The van der Waals surface area contributed by atoms with Crippen LogP contribution in [0.3, 0.4) is 0 Å². The Labute approximate surface area is 94.6 Å². The van der Waals surface area contributed by atoms with Gasteiger partial charge in [0.1, 0.15) is 5.75 Å². The lowest BCUT2D eigenvalue weighted by atomic mass is 10.2. The summed E-state index contributed by atoms with van der Waals surface area (Å²) in [5.74, 6) is 0.176. The molecule has 0 fully saturated rings. The minimum absolute atomic E-state index is 0.464. The van der Waals surface area contributed by atoms with Gasteiger partial charge in [-0.1, -0.05) is 13.8 Å². The first-order chi connectivity index (χ1) is 7.58. The number of carboxylic acid groups (broad SMARTS) is 1. The van der Waals surface area contributed by atoms with E-state index in [9.17, 15) is 4.79 Å². The summed E-state index contributed by atoms with van der Waals surface area (Å²) in [6, 6.07) is 3.49. The summed E-state index contributed by atoms with van der Waals surface area (Å²) >= 11 is 0.